The molecule has 0 saturated carbocycles. The van der Waals surface area contributed by atoms with Gasteiger partial charge in [0.2, 0.25) is 5.91 Å². The molecule has 1 aromatic heterocycles. The number of rotatable bonds is 5. The molecule has 0 radical (unpaired) electrons. The van der Waals surface area contributed by atoms with Gasteiger partial charge >= 0.3 is 0 Å². The van der Waals surface area contributed by atoms with Gasteiger partial charge in [0.25, 0.3) is 11.1 Å². The van der Waals surface area contributed by atoms with Crippen molar-refractivity contribution in [2.45, 2.75) is 43.2 Å². The van der Waals surface area contributed by atoms with Gasteiger partial charge in [-0.2, -0.15) is 0 Å². The van der Waals surface area contributed by atoms with E-state index in [2.05, 4.69) is 10.2 Å². The first-order valence-corrected chi connectivity index (χ1v) is 7.15. The summed E-state index contributed by atoms with van der Waals surface area (Å²) in [6.07, 6.45) is 3.86. The molecule has 6 nitrogen and oxygen atoms in total. The Morgan fingerprint density at radius 2 is 2.17 bits per heavy atom. The van der Waals surface area contributed by atoms with Gasteiger partial charge in [0.05, 0.1) is 18.3 Å². The average molecular weight is 271 g/mol. The lowest BCUT2D eigenvalue weighted by Gasteiger charge is -2.21. The van der Waals surface area contributed by atoms with Gasteiger partial charge in [0, 0.05) is 0 Å². The number of quaternary nitrogens is 1. The number of nitrogens with one attached hydrogen (secondary N) is 1. The average Bonchev–Trinajstić information content (AvgIpc) is 2.77. The summed E-state index contributed by atoms with van der Waals surface area (Å²) in [5.41, 5.74) is 5.19. The number of hydrogen-bond acceptors (Lipinski definition) is 5. The number of carbonyl (C=O) groups is 1. The topological polar surface area (TPSA) is 86.4 Å². The molecule has 18 heavy (non-hydrogen) atoms. The molecule has 7 heteroatoms. The van der Waals surface area contributed by atoms with Crippen LogP contribution in [0, 0.1) is 0 Å². The number of nitrogens with two attached hydrogens (primary N) is 1. The van der Waals surface area contributed by atoms with Crippen molar-refractivity contribution in [3.63, 3.8) is 0 Å². The molecule has 0 unspecified atom stereocenters. The molecular weight excluding hydrogens is 252 g/mol. The minimum Gasteiger partial charge on any atom is -0.410 e. The van der Waals surface area contributed by atoms with Crippen molar-refractivity contribution in [1.82, 2.24) is 10.2 Å². The minimum absolute atomic E-state index is 0.347. The molecule has 0 bridgehead atoms. The van der Waals surface area contributed by atoms with Gasteiger partial charge in [-0.05, 0) is 26.2 Å². The van der Waals surface area contributed by atoms with Gasteiger partial charge in [-0.25, -0.2) is 0 Å². The van der Waals surface area contributed by atoms with Crippen LogP contribution in [0.25, 0.3) is 0 Å². The summed E-state index contributed by atoms with van der Waals surface area (Å²) >= 11 is 1.21. The Morgan fingerprint density at radius 3 is 2.83 bits per heavy atom. The van der Waals surface area contributed by atoms with E-state index in [1.165, 1.54) is 49.0 Å². The zero-order valence-electron chi connectivity index (χ0n) is 10.5. The standard InChI is InChI=1S/C11H18N4O2S/c1-8(10(12)16)18-11-14-13-9(17-11)7-15-5-3-2-4-6-15/h8H,2-7H2,1H3,(H2,12,16)/p+1/t8-/m0/s1. The fraction of sp³-hybridized carbons (Fsp3) is 0.727. The summed E-state index contributed by atoms with van der Waals surface area (Å²) in [6.45, 7) is 4.84. The Hall–Kier alpha value is -1.08. The molecule has 0 aliphatic carbocycles. The summed E-state index contributed by atoms with van der Waals surface area (Å²) in [7, 11) is 0. The van der Waals surface area contributed by atoms with Crippen LogP contribution in [0.2, 0.25) is 0 Å². The second-order valence-corrected chi connectivity index (χ2v) is 5.90. The molecule has 1 amide bonds. The summed E-state index contributed by atoms with van der Waals surface area (Å²) in [6, 6.07) is 0. The number of aromatic nitrogens is 2. The smallest absolute Gasteiger partial charge is 0.277 e. The lowest BCUT2D eigenvalue weighted by Crippen LogP contribution is -3.11. The number of likely N-dealkylation sites (tertiary alicyclic amines) is 1. The highest BCUT2D eigenvalue weighted by Crippen LogP contribution is 2.21. The maximum Gasteiger partial charge on any atom is 0.277 e. The Kier molecular flexibility index (Phi) is 4.60. The Labute approximate surface area is 110 Å². The van der Waals surface area contributed by atoms with E-state index < -0.39 is 0 Å². The van der Waals surface area contributed by atoms with Crippen molar-refractivity contribution < 1.29 is 14.1 Å². The van der Waals surface area contributed by atoms with Crippen LogP contribution >= 0.6 is 11.8 Å². The van der Waals surface area contributed by atoms with E-state index in [0.717, 1.165) is 6.54 Å². The number of primary amides is 1. The summed E-state index contributed by atoms with van der Waals surface area (Å²) in [5, 5.41) is 8.02. The monoisotopic (exact) mass is 271 g/mol. The quantitative estimate of drug-likeness (QED) is 0.712. The van der Waals surface area contributed by atoms with Gasteiger partial charge in [-0.3, -0.25) is 4.79 Å². The van der Waals surface area contributed by atoms with Crippen LogP contribution in [-0.4, -0.2) is 34.4 Å². The normalized spacial score (nSPS) is 18.7. The van der Waals surface area contributed by atoms with Crippen LogP contribution in [0.5, 0.6) is 0 Å². The first-order valence-electron chi connectivity index (χ1n) is 6.27. The molecule has 2 rings (SSSR count). The molecule has 1 atom stereocenters. The van der Waals surface area contributed by atoms with E-state index in [9.17, 15) is 4.79 Å². The molecule has 1 aliphatic heterocycles. The fourth-order valence-corrected chi connectivity index (χ4v) is 2.66. The number of carbonyl (C=O) groups excluding carboxylic acids is 1. The van der Waals surface area contributed by atoms with Crippen molar-refractivity contribution in [2.75, 3.05) is 13.1 Å². The van der Waals surface area contributed by atoms with Gasteiger partial charge in [0.1, 0.15) is 0 Å². The SMILES string of the molecule is C[C@H](Sc1nnc(C[NH+]2CCCCC2)o1)C(N)=O. The van der Waals surface area contributed by atoms with E-state index in [-0.39, 0.29) is 11.2 Å². The molecule has 0 aromatic carbocycles. The van der Waals surface area contributed by atoms with Crippen LogP contribution in [0.4, 0.5) is 0 Å². The summed E-state index contributed by atoms with van der Waals surface area (Å²) in [4.78, 5) is 12.4. The van der Waals surface area contributed by atoms with Gasteiger partial charge < -0.3 is 15.1 Å². The number of nitrogens with zero attached hydrogens (tertiary/aromatic N) is 2. The third kappa shape index (κ3) is 3.71. The maximum absolute atomic E-state index is 10.9. The number of thioether (sulfide) groups is 1. The first kappa shape index (κ1) is 13.4. The second kappa shape index (κ2) is 6.19. The Morgan fingerprint density at radius 1 is 1.44 bits per heavy atom. The first-order chi connectivity index (χ1) is 8.65. The highest BCUT2D eigenvalue weighted by atomic mass is 32.2. The van der Waals surface area contributed by atoms with Crippen LogP contribution in [0.3, 0.4) is 0 Å². The second-order valence-electron chi connectivity index (χ2n) is 4.61. The van der Waals surface area contributed by atoms with Crippen molar-refractivity contribution >= 4 is 17.7 Å². The fourth-order valence-electron chi connectivity index (χ4n) is 2.01. The van der Waals surface area contributed by atoms with Gasteiger partial charge in [-0.1, -0.05) is 11.8 Å². The molecule has 2 heterocycles. The molecule has 0 spiro atoms. The van der Waals surface area contributed by atoms with E-state index >= 15 is 0 Å². The number of hydrogen-bond donors (Lipinski definition) is 2. The summed E-state index contributed by atoms with van der Waals surface area (Å²) in [5.74, 6) is 0.271. The largest absolute Gasteiger partial charge is 0.410 e. The van der Waals surface area contributed by atoms with Gasteiger partial charge in [-0.15, -0.1) is 10.2 Å². The predicted octanol–water partition coefficient (Wildman–Crippen LogP) is -0.396. The third-order valence-electron chi connectivity index (χ3n) is 3.09. The molecule has 100 valence electrons. The van der Waals surface area contributed by atoms with Crippen molar-refractivity contribution in [2.24, 2.45) is 5.73 Å². The Bertz CT molecular complexity index is 404. The molecule has 1 saturated heterocycles. The van der Waals surface area contributed by atoms with E-state index in [1.807, 2.05) is 0 Å². The molecule has 3 N–H and O–H groups in total. The van der Waals surface area contributed by atoms with Crippen LogP contribution in [-0.2, 0) is 11.3 Å². The molecular formula is C11H19N4O2S+. The van der Waals surface area contributed by atoms with Crippen molar-refractivity contribution in [3.8, 4) is 0 Å². The van der Waals surface area contributed by atoms with Gasteiger partial charge in [0.15, 0.2) is 6.54 Å². The van der Waals surface area contributed by atoms with E-state index in [0.29, 0.717) is 11.1 Å². The van der Waals surface area contributed by atoms with Crippen LogP contribution < -0.4 is 10.6 Å². The van der Waals surface area contributed by atoms with Crippen LogP contribution in [0.15, 0.2) is 9.64 Å². The van der Waals surface area contributed by atoms with Crippen molar-refractivity contribution in [3.05, 3.63) is 5.89 Å². The van der Waals surface area contributed by atoms with Crippen LogP contribution in [0.1, 0.15) is 32.1 Å². The zero-order valence-corrected chi connectivity index (χ0v) is 11.3. The molecule has 1 aromatic rings. The highest BCUT2D eigenvalue weighted by molar-refractivity contribution is 8.00. The third-order valence-corrected chi connectivity index (χ3v) is 4.04. The number of piperidine rings is 1. The lowest BCUT2D eigenvalue weighted by atomic mass is 10.1. The minimum atomic E-state index is -0.374. The van der Waals surface area contributed by atoms with E-state index in [1.54, 1.807) is 6.92 Å². The maximum atomic E-state index is 10.9. The molecule has 1 fully saturated rings. The predicted molar refractivity (Wildman–Crippen MR) is 67.1 cm³/mol. The zero-order chi connectivity index (χ0) is 13.0. The molecule has 1 aliphatic rings. The lowest BCUT2D eigenvalue weighted by molar-refractivity contribution is -0.919. The Balaban J connectivity index is 1.87. The van der Waals surface area contributed by atoms with E-state index in [4.69, 9.17) is 10.2 Å². The highest BCUT2D eigenvalue weighted by Gasteiger charge is 2.19. The summed E-state index contributed by atoms with van der Waals surface area (Å²) < 4.78 is 5.52. The van der Waals surface area contributed by atoms with Crippen molar-refractivity contribution in [1.29, 1.82) is 0 Å². The number of amides is 1.